The molecule has 0 atom stereocenters. The quantitative estimate of drug-likeness (QED) is 0.687. The molecule has 0 saturated heterocycles. The maximum absolute atomic E-state index is 11.3. The molecular formula is C10H10N2O3. The van der Waals surface area contributed by atoms with Crippen LogP contribution < -0.4 is 5.73 Å². The van der Waals surface area contributed by atoms with E-state index in [1.807, 2.05) is 0 Å². The molecule has 0 bridgehead atoms. The summed E-state index contributed by atoms with van der Waals surface area (Å²) in [6.45, 7) is 0.170. The van der Waals surface area contributed by atoms with Crippen LogP contribution >= 0.6 is 0 Å². The Balaban J connectivity index is 3.40. The van der Waals surface area contributed by atoms with Gasteiger partial charge in [0, 0.05) is 6.54 Å². The second kappa shape index (κ2) is 4.44. The van der Waals surface area contributed by atoms with Crippen molar-refractivity contribution in [2.24, 2.45) is 5.73 Å². The molecule has 0 aromatic heterocycles. The van der Waals surface area contributed by atoms with Crippen molar-refractivity contribution in [3.63, 3.8) is 0 Å². The van der Waals surface area contributed by atoms with E-state index in [0.29, 0.717) is 5.56 Å². The lowest BCUT2D eigenvalue weighted by Gasteiger charge is -2.06. The molecular weight excluding hydrogens is 196 g/mol. The molecule has 0 unspecified atom stereocenters. The first kappa shape index (κ1) is 11.0. The van der Waals surface area contributed by atoms with Gasteiger partial charge in [-0.05, 0) is 17.7 Å². The first-order chi connectivity index (χ1) is 7.13. The fraction of sp³-hybridized carbons (Fsp3) is 0.200. The predicted octanol–water partition coefficient (Wildman–Crippen LogP) is 0.509. The summed E-state index contributed by atoms with van der Waals surface area (Å²) in [5, 5.41) is 18.2. The van der Waals surface area contributed by atoms with Crippen LogP contribution in [-0.4, -0.2) is 18.2 Å². The van der Waals surface area contributed by atoms with Gasteiger partial charge in [-0.3, -0.25) is 0 Å². The maximum Gasteiger partial charge on any atom is 0.339 e. The van der Waals surface area contributed by atoms with Gasteiger partial charge in [0.1, 0.15) is 17.4 Å². The van der Waals surface area contributed by atoms with Gasteiger partial charge >= 0.3 is 5.97 Å². The topological polar surface area (TPSA) is 96.3 Å². The molecule has 1 aromatic carbocycles. The predicted molar refractivity (Wildman–Crippen MR) is 52.1 cm³/mol. The molecule has 0 heterocycles. The molecule has 1 aromatic rings. The van der Waals surface area contributed by atoms with Gasteiger partial charge in [0.25, 0.3) is 0 Å². The van der Waals surface area contributed by atoms with E-state index in [9.17, 15) is 9.90 Å². The number of hydrogen-bond acceptors (Lipinski definition) is 5. The highest BCUT2D eigenvalue weighted by atomic mass is 16.5. The Labute approximate surface area is 86.7 Å². The SMILES string of the molecule is COC(=O)c1cc(CN)cc(O)c1C#N. The molecule has 0 radical (unpaired) electrons. The Kier molecular flexibility index (Phi) is 3.26. The summed E-state index contributed by atoms with van der Waals surface area (Å²) >= 11 is 0. The molecule has 0 spiro atoms. The summed E-state index contributed by atoms with van der Waals surface area (Å²) in [5.41, 5.74) is 5.87. The maximum atomic E-state index is 11.3. The molecule has 0 fully saturated rings. The summed E-state index contributed by atoms with van der Waals surface area (Å²) in [4.78, 5) is 11.3. The van der Waals surface area contributed by atoms with Crippen molar-refractivity contribution in [2.75, 3.05) is 7.11 Å². The average molecular weight is 206 g/mol. The zero-order chi connectivity index (χ0) is 11.4. The van der Waals surface area contributed by atoms with E-state index in [1.165, 1.54) is 19.2 Å². The summed E-state index contributed by atoms with van der Waals surface area (Å²) in [5.74, 6) is -0.932. The van der Waals surface area contributed by atoms with E-state index in [0.717, 1.165) is 0 Å². The van der Waals surface area contributed by atoms with Crippen LogP contribution in [0.15, 0.2) is 12.1 Å². The number of phenols is 1. The number of nitrogens with zero attached hydrogens (tertiary/aromatic N) is 1. The van der Waals surface area contributed by atoms with E-state index in [-0.39, 0.29) is 23.4 Å². The second-order valence-corrected chi connectivity index (χ2v) is 2.85. The third kappa shape index (κ3) is 2.06. The summed E-state index contributed by atoms with van der Waals surface area (Å²) in [6, 6.07) is 4.53. The molecule has 5 nitrogen and oxygen atoms in total. The van der Waals surface area contributed by atoms with Gasteiger partial charge in [0.05, 0.1) is 12.7 Å². The van der Waals surface area contributed by atoms with Crippen molar-refractivity contribution in [2.45, 2.75) is 6.54 Å². The van der Waals surface area contributed by atoms with Crippen LogP contribution in [0.5, 0.6) is 5.75 Å². The average Bonchev–Trinajstić information content (AvgIpc) is 2.26. The molecule has 15 heavy (non-hydrogen) atoms. The number of carbonyl (C=O) groups excluding carboxylic acids is 1. The zero-order valence-electron chi connectivity index (χ0n) is 8.15. The molecule has 0 aliphatic carbocycles. The van der Waals surface area contributed by atoms with Crippen LogP contribution in [0.25, 0.3) is 0 Å². The number of benzene rings is 1. The highest BCUT2D eigenvalue weighted by Crippen LogP contribution is 2.23. The van der Waals surface area contributed by atoms with Gasteiger partial charge in [0.15, 0.2) is 0 Å². The van der Waals surface area contributed by atoms with Crippen LogP contribution in [0.2, 0.25) is 0 Å². The monoisotopic (exact) mass is 206 g/mol. The van der Waals surface area contributed by atoms with Crippen LogP contribution in [0, 0.1) is 11.3 Å². The lowest BCUT2D eigenvalue weighted by Crippen LogP contribution is -2.07. The number of esters is 1. The van der Waals surface area contributed by atoms with Gasteiger partial charge in [-0.1, -0.05) is 0 Å². The molecule has 1 rings (SSSR count). The first-order valence-electron chi connectivity index (χ1n) is 4.18. The Bertz CT molecular complexity index is 435. The van der Waals surface area contributed by atoms with E-state index in [4.69, 9.17) is 11.0 Å². The molecule has 3 N–H and O–H groups in total. The number of nitrogens with two attached hydrogens (primary N) is 1. The van der Waals surface area contributed by atoms with Crippen LogP contribution in [-0.2, 0) is 11.3 Å². The van der Waals surface area contributed by atoms with Crippen molar-refractivity contribution in [1.29, 1.82) is 5.26 Å². The number of rotatable bonds is 2. The van der Waals surface area contributed by atoms with Crippen molar-refractivity contribution in [3.8, 4) is 11.8 Å². The normalized spacial score (nSPS) is 9.40. The van der Waals surface area contributed by atoms with E-state index in [1.54, 1.807) is 6.07 Å². The number of methoxy groups -OCH3 is 1. The summed E-state index contributed by atoms with van der Waals surface area (Å²) < 4.78 is 4.49. The molecule has 0 saturated carbocycles. The highest BCUT2D eigenvalue weighted by Gasteiger charge is 2.16. The number of carbonyl (C=O) groups is 1. The molecule has 78 valence electrons. The number of nitriles is 1. The Morgan fingerprint density at radius 1 is 1.67 bits per heavy atom. The van der Waals surface area contributed by atoms with Crippen molar-refractivity contribution >= 4 is 5.97 Å². The smallest absolute Gasteiger partial charge is 0.339 e. The van der Waals surface area contributed by atoms with Crippen LogP contribution in [0.3, 0.4) is 0 Å². The van der Waals surface area contributed by atoms with Crippen molar-refractivity contribution in [1.82, 2.24) is 0 Å². The van der Waals surface area contributed by atoms with E-state index < -0.39 is 5.97 Å². The fourth-order valence-electron chi connectivity index (χ4n) is 1.19. The fourth-order valence-corrected chi connectivity index (χ4v) is 1.19. The van der Waals surface area contributed by atoms with Gasteiger partial charge < -0.3 is 15.6 Å². The van der Waals surface area contributed by atoms with Gasteiger partial charge in [-0.25, -0.2) is 4.79 Å². The Morgan fingerprint density at radius 2 is 2.33 bits per heavy atom. The summed E-state index contributed by atoms with van der Waals surface area (Å²) in [6.07, 6.45) is 0. The van der Waals surface area contributed by atoms with Crippen LogP contribution in [0.1, 0.15) is 21.5 Å². The van der Waals surface area contributed by atoms with Gasteiger partial charge in [-0.2, -0.15) is 5.26 Å². The third-order valence-corrected chi connectivity index (χ3v) is 1.93. The molecule has 0 aliphatic heterocycles. The number of phenolic OH excluding ortho intramolecular Hbond substituents is 1. The highest BCUT2D eigenvalue weighted by molar-refractivity contribution is 5.93. The Hall–Kier alpha value is -2.06. The lowest BCUT2D eigenvalue weighted by atomic mass is 10.0. The van der Waals surface area contributed by atoms with E-state index in [2.05, 4.69) is 4.74 Å². The second-order valence-electron chi connectivity index (χ2n) is 2.85. The minimum atomic E-state index is -0.669. The lowest BCUT2D eigenvalue weighted by molar-refractivity contribution is 0.0600. The summed E-state index contributed by atoms with van der Waals surface area (Å²) in [7, 11) is 1.20. The number of aromatic hydroxyl groups is 1. The van der Waals surface area contributed by atoms with Gasteiger partial charge in [-0.15, -0.1) is 0 Å². The van der Waals surface area contributed by atoms with E-state index >= 15 is 0 Å². The molecule has 0 aliphatic rings. The largest absolute Gasteiger partial charge is 0.507 e. The molecule has 5 heteroatoms. The standard InChI is InChI=1S/C10H10N2O3/c1-15-10(14)7-2-6(4-11)3-9(13)8(7)5-12/h2-3,13H,4,11H2,1H3. The minimum Gasteiger partial charge on any atom is -0.507 e. The first-order valence-corrected chi connectivity index (χ1v) is 4.18. The number of ether oxygens (including phenoxy) is 1. The van der Waals surface area contributed by atoms with Gasteiger partial charge in [0.2, 0.25) is 0 Å². The van der Waals surface area contributed by atoms with Crippen LogP contribution in [0.4, 0.5) is 0 Å². The number of hydrogen-bond donors (Lipinski definition) is 2. The Morgan fingerprint density at radius 3 is 2.80 bits per heavy atom. The minimum absolute atomic E-state index is 0.0282. The van der Waals surface area contributed by atoms with Crippen molar-refractivity contribution < 1.29 is 14.6 Å². The zero-order valence-corrected chi connectivity index (χ0v) is 8.15. The third-order valence-electron chi connectivity index (χ3n) is 1.93. The molecule has 0 amide bonds. The van der Waals surface area contributed by atoms with Crippen molar-refractivity contribution in [3.05, 3.63) is 28.8 Å².